The molecule has 13 heavy (non-hydrogen) atoms. The summed E-state index contributed by atoms with van der Waals surface area (Å²) < 4.78 is 4.23. The minimum absolute atomic E-state index is 0. The first-order chi connectivity index (χ1) is 5.65. The number of carbonyl (C=O) groups is 1. The van der Waals surface area contributed by atoms with Crippen molar-refractivity contribution >= 4 is 17.7 Å². The van der Waals surface area contributed by atoms with Gasteiger partial charge in [0.15, 0.2) is 5.71 Å². The molecule has 0 spiro atoms. The molecule has 1 rings (SSSR count). The maximum Gasteiger partial charge on any atom is 1.00 e. The van der Waals surface area contributed by atoms with E-state index in [4.69, 9.17) is 10.9 Å². The molecule has 0 atom stereocenters. The molecule has 0 aliphatic rings. The van der Waals surface area contributed by atoms with Gasteiger partial charge in [0.05, 0.1) is 5.97 Å². The van der Waals surface area contributed by atoms with Gasteiger partial charge in [-0.3, -0.25) is 0 Å². The standard InChI is InChI=1S/C4H4N4O4.Na/c5-4-6-2(8-12-4)1(7-11)3(9)10;/h11H,(H,9,10)(H2,5,6,8);/q;+1/p-1. The Morgan fingerprint density at radius 3 is 2.62 bits per heavy atom. The summed E-state index contributed by atoms with van der Waals surface area (Å²) in [6, 6.07) is -0.326. The first kappa shape index (κ1) is 11.9. The van der Waals surface area contributed by atoms with Crippen molar-refractivity contribution in [2.45, 2.75) is 0 Å². The fraction of sp³-hybridized carbons (Fsp3) is 0. The van der Waals surface area contributed by atoms with Gasteiger partial charge in [0, 0.05) is 0 Å². The van der Waals surface area contributed by atoms with E-state index in [2.05, 4.69) is 19.8 Å². The number of nitrogens with two attached hydrogens (primary N) is 1. The number of rotatable bonds is 2. The smallest absolute Gasteiger partial charge is 0.543 e. The Morgan fingerprint density at radius 2 is 2.31 bits per heavy atom. The minimum atomic E-state index is -1.72. The fourth-order valence-corrected chi connectivity index (χ4v) is 0.508. The molecule has 3 N–H and O–H groups in total. The molecular weight excluding hydrogens is 191 g/mol. The molecule has 0 aliphatic heterocycles. The van der Waals surface area contributed by atoms with E-state index < -0.39 is 17.5 Å². The number of oxime groups is 1. The number of aliphatic carboxylic acids is 1. The van der Waals surface area contributed by atoms with E-state index in [9.17, 15) is 9.90 Å². The van der Waals surface area contributed by atoms with E-state index in [0.29, 0.717) is 0 Å². The molecule has 0 saturated carbocycles. The van der Waals surface area contributed by atoms with E-state index in [1.807, 2.05) is 0 Å². The molecule has 1 aromatic heterocycles. The zero-order valence-corrected chi connectivity index (χ0v) is 8.59. The van der Waals surface area contributed by atoms with Gasteiger partial charge >= 0.3 is 35.6 Å². The third-order valence-corrected chi connectivity index (χ3v) is 0.947. The zero-order valence-electron chi connectivity index (χ0n) is 6.59. The Morgan fingerprint density at radius 1 is 1.69 bits per heavy atom. The van der Waals surface area contributed by atoms with Gasteiger partial charge in [-0.15, -0.1) is 0 Å². The number of hydrogen-bond donors (Lipinski definition) is 2. The van der Waals surface area contributed by atoms with E-state index in [-0.39, 0.29) is 35.6 Å². The molecule has 0 saturated heterocycles. The van der Waals surface area contributed by atoms with Crippen LogP contribution in [0, 0.1) is 0 Å². The van der Waals surface area contributed by atoms with Crippen LogP contribution in [0.25, 0.3) is 0 Å². The Labute approximate surface area is 93.7 Å². The summed E-state index contributed by atoms with van der Waals surface area (Å²) in [6.45, 7) is 0. The molecule has 1 aromatic rings. The van der Waals surface area contributed by atoms with Crippen molar-refractivity contribution in [1.29, 1.82) is 0 Å². The summed E-state index contributed by atoms with van der Waals surface area (Å²) in [5, 5.41) is 23.8. The topological polar surface area (TPSA) is 138 Å². The second kappa shape index (κ2) is 4.80. The summed E-state index contributed by atoms with van der Waals surface area (Å²) in [6.07, 6.45) is 0. The van der Waals surface area contributed by atoms with E-state index in [0.717, 1.165) is 0 Å². The van der Waals surface area contributed by atoms with Crippen LogP contribution in [0.5, 0.6) is 0 Å². The minimum Gasteiger partial charge on any atom is -0.543 e. The summed E-state index contributed by atoms with van der Waals surface area (Å²) in [7, 11) is 0. The van der Waals surface area contributed by atoms with Gasteiger partial charge in [-0.2, -0.15) is 4.98 Å². The first-order valence-corrected chi connectivity index (χ1v) is 2.68. The number of carboxylic acids is 1. The number of anilines is 1. The quantitative estimate of drug-likeness (QED) is 0.207. The van der Waals surface area contributed by atoms with Crippen LogP contribution in [0.2, 0.25) is 0 Å². The fourth-order valence-electron chi connectivity index (χ4n) is 0.508. The second-order valence-corrected chi connectivity index (χ2v) is 1.69. The van der Waals surface area contributed by atoms with Gasteiger partial charge in [-0.05, 0) is 0 Å². The van der Waals surface area contributed by atoms with Crippen LogP contribution in [-0.2, 0) is 4.79 Å². The molecule has 0 amide bonds. The Kier molecular flexibility index (Phi) is 4.38. The van der Waals surface area contributed by atoms with Gasteiger partial charge in [-0.1, -0.05) is 10.3 Å². The average molecular weight is 194 g/mol. The van der Waals surface area contributed by atoms with Crippen LogP contribution in [0.3, 0.4) is 0 Å². The second-order valence-electron chi connectivity index (χ2n) is 1.69. The van der Waals surface area contributed by atoms with Crippen LogP contribution >= 0.6 is 0 Å². The SMILES string of the molecule is Nc1nc(C(=NO)C(=O)[O-])no1.[Na+]. The largest absolute Gasteiger partial charge is 1.00 e. The van der Waals surface area contributed by atoms with Crippen molar-refractivity contribution < 1.29 is 49.2 Å². The summed E-state index contributed by atoms with van der Waals surface area (Å²) >= 11 is 0. The number of carboxylic acid groups (broad SMARTS) is 1. The summed E-state index contributed by atoms with van der Waals surface area (Å²) in [5.41, 5.74) is 4.14. The van der Waals surface area contributed by atoms with Crippen LogP contribution < -0.4 is 40.4 Å². The van der Waals surface area contributed by atoms with Crippen LogP contribution in [0.4, 0.5) is 6.01 Å². The van der Waals surface area contributed by atoms with Crippen molar-refractivity contribution in [3.63, 3.8) is 0 Å². The van der Waals surface area contributed by atoms with Crippen molar-refractivity contribution in [3.05, 3.63) is 5.82 Å². The van der Waals surface area contributed by atoms with E-state index in [1.165, 1.54) is 0 Å². The molecule has 0 aliphatic carbocycles. The van der Waals surface area contributed by atoms with Gasteiger partial charge in [0.2, 0.25) is 5.82 Å². The van der Waals surface area contributed by atoms with Crippen molar-refractivity contribution in [2.24, 2.45) is 5.16 Å². The molecule has 9 heteroatoms. The van der Waals surface area contributed by atoms with Crippen molar-refractivity contribution in [1.82, 2.24) is 10.1 Å². The number of carbonyl (C=O) groups excluding carboxylic acids is 1. The normalized spacial score (nSPS) is 10.6. The Bertz CT molecular complexity index is 335. The molecule has 0 fully saturated rings. The first-order valence-electron chi connectivity index (χ1n) is 2.68. The maximum absolute atomic E-state index is 10.2. The molecule has 64 valence electrons. The third kappa shape index (κ3) is 2.68. The monoisotopic (exact) mass is 194 g/mol. The Hall–Kier alpha value is -1.12. The molecule has 0 unspecified atom stereocenters. The molecule has 0 bridgehead atoms. The predicted molar refractivity (Wildman–Crippen MR) is 32.0 cm³/mol. The van der Waals surface area contributed by atoms with Gasteiger partial charge in [0.25, 0.3) is 0 Å². The van der Waals surface area contributed by atoms with Crippen LogP contribution in [0.15, 0.2) is 9.68 Å². The number of aromatic nitrogens is 2. The summed E-state index contributed by atoms with van der Waals surface area (Å²) in [4.78, 5) is 13.5. The molecule has 0 radical (unpaired) electrons. The average Bonchev–Trinajstić information content (AvgIpc) is 2.37. The molecular formula is C4H3N4NaO4. The molecule has 8 nitrogen and oxygen atoms in total. The van der Waals surface area contributed by atoms with Crippen molar-refractivity contribution in [2.75, 3.05) is 5.73 Å². The number of hydrogen-bond acceptors (Lipinski definition) is 8. The van der Waals surface area contributed by atoms with Gasteiger partial charge < -0.3 is 25.4 Å². The number of nitrogen functional groups attached to an aromatic ring is 1. The van der Waals surface area contributed by atoms with Crippen LogP contribution in [0.1, 0.15) is 5.82 Å². The van der Waals surface area contributed by atoms with E-state index >= 15 is 0 Å². The Balaban J connectivity index is 0.00000144. The number of nitrogens with zero attached hydrogens (tertiary/aromatic N) is 3. The summed E-state index contributed by atoms with van der Waals surface area (Å²) in [5.74, 6) is -2.16. The van der Waals surface area contributed by atoms with Gasteiger partial charge in [-0.25, -0.2) is 0 Å². The van der Waals surface area contributed by atoms with E-state index in [1.54, 1.807) is 0 Å². The maximum atomic E-state index is 10.2. The van der Waals surface area contributed by atoms with Gasteiger partial charge in [0.1, 0.15) is 0 Å². The van der Waals surface area contributed by atoms with Crippen molar-refractivity contribution in [3.8, 4) is 0 Å². The third-order valence-electron chi connectivity index (χ3n) is 0.947. The zero-order chi connectivity index (χ0) is 9.14. The predicted octanol–water partition coefficient (Wildman–Crippen LogP) is -5.42. The van der Waals surface area contributed by atoms with Crippen LogP contribution in [-0.4, -0.2) is 27.0 Å². The molecule has 0 aromatic carbocycles. The molecule has 1 heterocycles.